The first kappa shape index (κ1) is 14.7. The van der Waals surface area contributed by atoms with Crippen molar-refractivity contribution in [3.8, 4) is 0 Å². The number of carboxylic acids is 1. The first-order chi connectivity index (χ1) is 10.7. The third-order valence-corrected chi connectivity index (χ3v) is 10.1. The lowest BCUT2D eigenvalue weighted by Gasteiger charge is -2.65. The predicted molar refractivity (Wildman–Crippen MR) is 86.7 cm³/mol. The van der Waals surface area contributed by atoms with Gasteiger partial charge in [-0.1, -0.05) is 20.3 Å². The summed E-state index contributed by atoms with van der Waals surface area (Å²) in [7, 11) is 0. The van der Waals surface area contributed by atoms with Crippen LogP contribution in [0.4, 0.5) is 0 Å². The zero-order chi connectivity index (χ0) is 16.4. The molecule has 23 heavy (non-hydrogen) atoms. The minimum Gasteiger partial charge on any atom is -0.481 e. The fraction of sp³-hybridized carbons (Fsp3) is 0.950. The molecule has 6 fully saturated rings. The third-order valence-electron chi connectivity index (χ3n) is 10.1. The maximum atomic E-state index is 12.1. The Balaban J connectivity index is 1.58. The van der Waals surface area contributed by atoms with E-state index in [-0.39, 0.29) is 28.3 Å². The second kappa shape index (κ2) is 3.81. The van der Waals surface area contributed by atoms with Crippen LogP contribution in [0.15, 0.2) is 0 Å². The number of aliphatic hydroxyl groups is 1. The molecule has 3 nitrogen and oxygen atoms in total. The van der Waals surface area contributed by atoms with Crippen LogP contribution in [0.3, 0.4) is 0 Å². The Bertz CT molecular complexity index is 602. The average Bonchev–Trinajstić information content (AvgIpc) is 3.03. The van der Waals surface area contributed by atoms with E-state index in [2.05, 4.69) is 13.8 Å². The highest BCUT2D eigenvalue weighted by Gasteiger charge is 2.82. The lowest BCUT2D eigenvalue weighted by molar-refractivity contribution is -0.209. The molecule has 0 aromatic heterocycles. The number of hydrogen-bond donors (Lipinski definition) is 2. The number of fused-ring (bicyclic) bond motifs is 1. The van der Waals surface area contributed by atoms with Crippen molar-refractivity contribution in [2.24, 2.45) is 45.3 Å². The topological polar surface area (TPSA) is 57.5 Å². The molecular formula is C20H30O3. The van der Waals surface area contributed by atoms with Gasteiger partial charge in [-0.15, -0.1) is 0 Å². The largest absolute Gasteiger partial charge is 0.481 e. The molecule has 0 radical (unpaired) electrons. The Morgan fingerprint density at radius 2 is 1.78 bits per heavy atom. The number of rotatable bonds is 1. The van der Waals surface area contributed by atoms with Crippen molar-refractivity contribution in [2.45, 2.75) is 71.8 Å². The zero-order valence-corrected chi connectivity index (χ0v) is 14.6. The summed E-state index contributed by atoms with van der Waals surface area (Å²) in [6, 6.07) is 0. The van der Waals surface area contributed by atoms with Crippen molar-refractivity contribution in [2.75, 3.05) is 0 Å². The van der Waals surface area contributed by atoms with Gasteiger partial charge in [-0.25, -0.2) is 0 Å². The van der Waals surface area contributed by atoms with E-state index in [1.54, 1.807) is 0 Å². The number of hydrogen-bond acceptors (Lipinski definition) is 2. The molecule has 0 aliphatic heterocycles. The maximum Gasteiger partial charge on any atom is 0.309 e. The fourth-order valence-electron chi connectivity index (χ4n) is 8.86. The quantitative estimate of drug-likeness (QED) is 0.775. The van der Waals surface area contributed by atoms with E-state index in [9.17, 15) is 15.0 Å². The highest BCUT2D eigenvalue weighted by atomic mass is 16.4. The Morgan fingerprint density at radius 3 is 2.39 bits per heavy atom. The Morgan fingerprint density at radius 1 is 1.04 bits per heavy atom. The second-order valence-electron chi connectivity index (χ2n) is 10.4. The van der Waals surface area contributed by atoms with E-state index >= 15 is 0 Å². The molecule has 0 aromatic rings. The van der Waals surface area contributed by atoms with Gasteiger partial charge in [0.25, 0.3) is 0 Å². The van der Waals surface area contributed by atoms with Crippen LogP contribution in [0, 0.1) is 45.3 Å². The minimum absolute atomic E-state index is 0.107. The number of carbonyl (C=O) groups is 1. The Kier molecular flexibility index (Phi) is 2.45. The van der Waals surface area contributed by atoms with Crippen LogP contribution in [-0.2, 0) is 4.79 Å². The molecule has 9 atom stereocenters. The summed E-state index contributed by atoms with van der Waals surface area (Å²) in [5, 5.41) is 21.1. The number of carboxylic acid groups (broad SMARTS) is 1. The van der Waals surface area contributed by atoms with Gasteiger partial charge in [0.05, 0.1) is 11.5 Å². The summed E-state index contributed by atoms with van der Waals surface area (Å²) in [5.41, 5.74) is -0.146. The van der Waals surface area contributed by atoms with Crippen LogP contribution in [0.5, 0.6) is 0 Å². The van der Waals surface area contributed by atoms with Crippen molar-refractivity contribution < 1.29 is 15.0 Å². The van der Waals surface area contributed by atoms with Crippen molar-refractivity contribution in [3.05, 3.63) is 0 Å². The van der Waals surface area contributed by atoms with Crippen LogP contribution < -0.4 is 0 Å². The van der Waals surface area contributed by atoms with E-state index in [0.717, 1.165) is 38.0 Å². The van der Waals surface area contributed by atoms with Crippen LogP contribution in [0.1, 0.15) is 65.7 Å². The molecule has 128 valence electrons. The molecule has 9 unspecified atom stereocenters. The maximum absolute atomic E-state index is 12.1. The van der Waals surface area contributed by atoms with Crippen LogP contribution in [-0.4, -0.2) is 22.3 Å². The molecule has 4 bridgehead atoms. The van der Waals surface area contributed by atoms with Gasteiger partial charge in [-0.3, -0.25) is 4.79 Å². The molecule has 6 saturated carbocycles. The van der Waals surface area contributed by atoms with Gasteiger partial charge in [0.2, 0.25) is 0 Å². The lowest BCUT2D eigenvalue weighted by Crippen LogP contribution is -2.62. The molecule has 6 aliphatic rings. The normalized spacial score (nSPS) is 65.7. The molecule has 6 rings (SSSR count). The van der Waals surface area contributed by atoms with E-state index in [4.69, 9.17) is 0 Å². The first-order valence-corrected chi connectivity index (χ1v) is 9.63. The standard InChI is InChI=1S/C20H30O3/c1-17-6-4-7-18(2,16(22)23)13(17)5-8-20-10-12-11(9-14(17)20)19(12,3)15(20)21/h11-15,21H,4-10H2,1-3H3,(H,22,23). The highest BCUT2D eigenvalue weighted by Crippen LogP contribution is 2.85. The Hall–Kier alpha value is -0.570. The van der Waals surface area contributed by atoms with Crippen molar-refractivity contribution in [3.63, 3.8) is 0 Å². The SMILES string of the molecule is CC1(C(=O)O)CCCC2(C)C1CCC13CC4C(CC21)C4(C)C3O. The van der Waals surface area contributed by atoms with Gasteiger partial charge in [-0.2, -0.15) is 0 Å². The van der Waals surface area contributed by atoms with Gasteiger partial charge >= 0.3 is 5.97 Å². The second-order valence-corrected chi connectivity index (χ2v) is 10.4. The van der Waals surface area contributed by atoms with Gasteiger partial charge < -0.3 is 10.2 Å². The predicted octanol–water partition coefficient (Wildman–Crippen LogP) is 3.70. The Labute approximate surface area is 138 Å². The van der Waals surface area contributed by atoms with Crippen LogP contribution in [0.2, 0.25) is 0 Å². The van der Waals surface area contributed by atoms with Crippen LogP contribution >= 0.6 is 0 Å². The van der Waals surface area contributed by atoms with Crippen molar-refractivity contribution in [1.29, 1.82) is 0 Å². The third kappa shape index (κ3) is 1.32. The number of aliphatic carboxylic acids is 1. The molecule has 0 aromatic carbocycles. The first-order valence-electron chi connectivity index (χ1n) is 9.63. The fourth-order valence-corrected chi connectivity index (χ4v) is 8.86. The van der Waals surface area contributed by atoms with E-state index in [1.165, 1.54) is 12.8 Å². The van der Waals surface area contributed by atoms with E-state index in [0.29, 0.717) is 11.8 Å². The monoisotopic (exact) mass is 318 g/mol. The average molecular weight is 318 g/mol. The zero-order valence-electron chi connectivity index (χ0n) is 14.6. The van der Waals surface area contributed by atoms with Gasteiger partial charge in [0.15, 0.2) is 0 Å². The molecular weight excluding hydrogens is 288 g/mol. The van der Waals surface area contributed by atoms with Crippen molar-refractivity contribution in [1.82, 2.24) is 0 Å². The summed E-state index contributed by atoms with van der Waals surface area (Å²) in [4.78, 5) is 12.1. The molecule has 0 amide bonds. The van der Waals surface area contributed by atoms with Gasteiger partial charge in [0.1, 0.15) is 0 Å². The van der Waals surface area contributed by atoms with Gasteiger partial charge in [0, 0.05) is 10.8 Å². The summed E-state index contributed by atoms with van der Waals surface area (Å²) < 4.78 is 0. The van der Waals surface area contributed by atoms with Crippen LogP contribution in [0.25, 0.3) is 0 Å². The van der Waals surface area contributed by atoms with Gasteiger partial charge in [-0.05, 0) is 74.5 Å². The molecule has 2 N–H and O–H groups in total. The summed E-state index contributed by atoms with van der Waals surface area (Å²) in [6.07, 6.45) is 7.40. The molecule has 6 aliphatic carbocycles. The molecule has 1 spiro atoms. The number of aliphatic hydroxyl groups excluding tert-OH is 1. The van der Waals surface area contributed by atoms with E-state index < -0.39 is 11.4 Å². The summed E-state index contributed by atoms with van der Waals surface area (Å²) in [5.74, 6) is 1.69. The summed E-state index contributed by atoms with van der Waals surface area (Å²) in [6.45, 7) is 6.70. The highest BCUT2D eigenvalue weighted by molar-refractivity contribution is 5.75. The molecule has 3 heteroatoms. The molecule has 0 saturated heterocycles. The van der Waals surface area contributed by atoms with Crippen molar-refractivity contribution >= 4 is 5.97 Å². The van der Waals surface area contributed by atoms with E-state index in [1.807, 2.05) is 6.92 Å². The lowest BCUT2D eigenvalue weighted by atomic mass is 9.39. The molecule has 0 heterocycles. The minimum atomic E-state index is -0.594. The summed E-state index contributed by atoms with van der Waals surface area (Å²) >= 11 is 0. The smallest absolute Gasteiger partial charge is 0.309 e.